The number of pyridine rings is 1. The van der Waals surface area contributed by atoms with Crippen LogP contribution in [0, 0.1) is 5.41 Å². The first-order valence-electron chi connectivity index (χ1n) is 9.04. The summed E-state index contributed by atoms with van der Waals surface area (Å²) in [5.41, 5.74) is 2.35. The van der Waals surface area contributed by atoms with Gasteiger partial charge in [-0.1, -0.05) is 39.0 Å². The molecule has 1 aliphatic heterocycles. The smallest absolute Gasteiger partial charge is 0.275 e. The lowest BCUT2D eigenvalue weighted by Gasteiger charge is -2.28. The molecule has 3 aromatic rings. The number of carbonyl (C=O) groups is 1. The predicted octanol–water partition coefficient (Wildman–Crippen LogP) is 3.16. The Morgan fingerprint density at radius 3 is 2.56 bits per heavy atom. The molecule has 1 amide bonds. The molecule has 27 heavy (non-hydrogen) atoms. The van der Waals surface area contributed by atoms with E-state index in [1.165, 1.54) is 0 Å². The lowest BCUT2D eigenvalue weighted by Crippen LogP contribution is -2.41. The second-order valence-electron chi connectivity index (χ2n) is 7.77. The molecule has 0 radical (unpaired) electrons. The molecule has 0 bridgehead atoms. The van der Waals surface area contributed by atoms with Gasteiger partial charge >= 0.3 is 0 Å². The second kappa shape index (κ2) is 6.23. The third-order valence-electron chi connectivity index (χ3n) is 4.78. The van der Waals surface area contributed by atoms with Crippen LogP contribution in [0.25, 0.3) is 16.9 Å². The highest BCUT2D eigenvalue weighted by Crippen LogP contribution is 2.34. The maximum atomic E-state index is 13.1. The number of rotatable bonds is 1. The van der Waals surface area contributed by atoms with Gasteiger partial charge in [0.15, 0.2) is 0 Å². The quantitative estimate of drug-likeness (QED) is 0.723. The topological polar surface area (TPSA) is 71.0 Å². The van der Waals surface area contributed by atoms with Crippen molar-refractivity contribution in [1.82, 2.24) is 14.8 Å². The summed E-state index contributed by atoms with van der Waals surface area (Å²) in [6.07, 6.45) is 2.15. The fraction of sp³-hybridized carbons (Fsp3) is 0.286. The molecule has 0 atom stereocenters. The molecule has 4 rings (SSSR count). The first-order valence-corrected chi connectivity index (χ1v) is 9.04. The number of aromatic amines is 1. The minimum absolute atomic E-state index is 0.00371. The third-order valence-corrected chi connectivity index (χ3v) is 4.78. The summed E-state index contributed by atoms with van der Waals surface area (Å²) >= 11 is 0. The number of anilines is 1. The monoisotopic (exact) mass is 362 g/mol. The highest BCUT2D eigenvalue weighted by Gasteiger charge is 2.33. The molecule has 0 aliphatic carbocycles. The van der Waals surface area contributed by atoms with Crippen LogP contribution in [0.5, 0.6) is 0 Å². The Hall–Kier alpha value is -3.15. The van der Waals surface area contributed by atoms with E-state index in [-0.39, 0.29) is 11.5 Å². The number of para-hydroxylation sites is 1. The molecule has 6 nitrogen and oxygen atoms in total. The van der Waals surface area contributed by atoms with Gasteiger partial charge in [0.25, 0.3) is 5.56 Å². The van der Waals surface area contributed by atoms with Gasteiger partial charge in [0.1, 0.15) is 5.82 Å². The molecule has 0 fully saturated rings. The molecular weight excluding hydrogens is 340 g/mol. The van der Waals surface area contributed by atoms with Gasteiger partial charge < -0.3 is 0 Å². The molecule has 1 aliphatic rings. The maximum Gasteiger partial charge on any atom is 0.275 e. The number of H-pyrrole nitrogens is 1. The molecule has 2 aromatic heterocycles. The van der Waals surface area contributed by atoms with Crippen LogP contribution in [-0.2, 0) is 11.2 Å². The van der Waals surface area contributed by atoms with Crippen LogP contribution in [0.3, 0.4) is 0 Å². The van der Waals surface area contributed by atoms with Crippen molar-refractivity contribution in [3.05, 3.63) is 64.6 Å². The number of benzene rings is 1. The fourth-order valence-corrected chi connectivity index (χ4v) is 3.42. The number of hydrogen-bond donors (Lipinski definition) is 1. The predicted molar refractivity (Wildman–Crippen MR) is 105 cm³/mol. The summed E-state index contributed by atoms with van der Waals surface area (Å²) in [4.78, 5) is 32.2. The lowest BCUT2D eigenvalue weighted by molar-refractivity contribution is -0.125. The average Bonchev–Trinajstić information content (AvgIpc) is 2.89. The van der Waals surface area contributed by atoms with Crippen molar-refractivity contribution in [2.75, 3.05) is 11.4 Å². The molecule has 1 aromatic carbocycles. The summed E-state index contributed by atoms with van der Waals surface area (Å²) in [6, 6.07) is 13.2. The third kappa shape index (κ3) is 2.87. The normalized spacial score (nSPS) is 13.7. The molecule has 1 N–H and O–H groups in total. The number of amides is 1. The highest BCUT2D eigenvalue weighted by atomic mass is 16.2. The van der Waals surface area contributed by atoms with Gasteiger partial charge in [-0.2, -0.15) is 0 Å². The zero-order chi connectivity index (χ0) is 19.2. The number of fused-ring (bicyclic) bond motifs is 3. The van der Waals surface area contributed by atoms with Crippen LogP contribution in [-0.4, -0.2) is 27.2 Å². The molecule has 0 unspecified atom stereocenters. The van der Waals surface area contributed by atoms with E-state index in [9.17, 15) is 9.59 Å². The zero-order valence-electron chi connectivity index (χ0n) is 15.7. The van der Waals surface area contributed by atoms with Crippen LogP contribution in [0.1, 0.15) is 26.3 Å². The molecule has 6 heteroatoms. The highest BCUT2D eigenvalue weighted by molar-refractivity contribution is 5.99. The van der Waals surface area contributed by atoms with Crippen LogP contribution >= 0.6 is 0 Å². The maximum absolute atomic E-state index is 13.1. The summed E-state index contributed by atoms with van der Waals surface area (Å²) in [5, 5.41) is 3.24. The van der Waals surface area contributed by atoms with Gasteiger partial charge in [-0.05, 0) is 30.7 Å². The van der Waals surface area contributed by atoms with Crippen molar-refractivity contribution >= 4 is 11.7 Å². The molecule has 138 valence electrons. The zero-order valence-corrected chi connectivity index (χ0v) is 15.7. The number of aromatic nitrogens is 3. The average molecular weight is 362 g/mol. The Balaban J connectivity index is 1.89. The van der Waals surface area contributed by atoms with E-state index in [1.54, 1.807) is 15.8 Å². The van der Waals surface area contributed by atoms with Crippen molar-refractivity contribution in [2.24, 2.45) is 5.41 Å². The van der Waals surface area contributed by atoms with E-state index in [0.29, 0.717) is 24.3 Å². The van der Waals surface area contributed by atoms with Crippen molar-refractivity contribution in [3.8, 4) is 16.9 Å². The molecule has 3 heterocycles. The summed E-state index contributed by atoms with van der Waals surface area (Å²) < 4.78 is 1.56. The van der Waals surface area contributed by atoms with Gasteiger partial charge in [-0.3, -0.25) is 19.6 Å². The SMILES string of the molecule is CC(C)(C)C(=O)N1CCc2c([nH]n(-c3ccccc3)c2=O)-c2cccnc21. The Kier molecular flexibility index (Phi) is 3.98. The van der Waals surface area contributed by atoms with Crippen LogP contribution in [0.2, 0.25) is 0 Å². The minimum Gasteiger partial charge on any atom is -0.295 e. The largest absolute Gasteiger partial charge is 0.295 e. The summed E-state index contributed by atoms with van der Waals surface area (Å²) in [5.74, 6) is 0.591. The van der Waals surface area contributed by atoms with Gasteiger partial charge in [0.05, 0.1) is 11.4 Å². The lowest BCUT2D eigenvalue weighted by atomic mass is 9.94. The second-order valence-corrected chi connectivity index (χ2v) is 7.77. The van der Waals surface area contributed by atoms with E-state index in [2.05, 4.69) is 10.1 Å². The van der Waals surface area contributed by atoms with E-state index in [1.807, 2.05) is 63.2 Å². The van der Waals surface area contributed by atoms with Crippen LogP contribution in [0.15, 0.2) is 53.5 Å². The van der Waals surface area contributed by atoms with E-state index < -0.39 is 5.41 Å². The van der Waals surface area contributed by atoms with Gasteiger partial charge in [0.2, 0.25) is 5.91 Å². The van der Waals surface area contributed by atoms with Crippen LogP contribution in [0.4, 0.5) is 5.82 Å². The fourth-order valence-electron chi connectivity index (χ4n) is 3.42. The Labute approximate surface area is 157 Å². The number of carbonyl (C=O) groups excluding carboxylic acids is 1. The van der Waals surface area contributed by atoms with Crippen molar-refractivity contribution in [3.63, 3.8) is 0 Å². The minimum atomic E-state index is -0.531. The molecule has 0 saturated heterocycles. The Bertz CT molecular complexity index is 1060. The van der Waals surface area contributed by atoms with E-state index in [4.69, 9.17) is 0 Å². The molecular formula is C21H22N4O2. The van der Waals surface area contributed by atoms with Crippen molar-refractivity contribution in [1.29, 1.82) is 0 Å². The molecule has 0 spiro atoms. The van der Waals surface area contributed by atoms with Crippen molar-refractivity contribution < 1.29 is 4.79 Å². The van der Waals surface area contributed by atoms with Crippen molar-refractivity contribution in [2.45, 2.75) is 27.2 Å². The summed E-state index contributed by atoms with van der Waals surface area (Å²) in [6.45, 7) is 6.11. The first-order chi connectivity index (χ1) is 12.9. The Morgan fingerprint density at radius 1 is 1.11 bits per heavy atom. The standard InChI is InChI=1S/C21H22N4O2/c1-21(2,3)20(27)24-13-11-16-17(15-10-7-12-22-18(15)24)23-25(19(16)26)14-8-5-4-6-9-14/h4-10,12,23H,11,13H2,1-3H3. The number of nitrogens with one attached hydrogen (secondary N) is 1. The number of hydrogen-bond acceptors (Lipinski definition) is 3. The van der Waals surface area contributed by atoms with E-state index >= 15 is 0 Å². The van der Waals surface area contributed by atoms with Gasteiger partial charge in [-0.25, -0.2) is 9.67 Å². The first kappa shape index (κ1) is 17.3. The van der Waals surface area contributed by atoms with E-state index in [0.717, 1.165) is 16.9 Å². The van der Waals surface area contributed by atoms with Crippen LogP contribution < -0.4 is 10.5 Å². The van der Waals surface area contributed by atoms with Gasteiger partial charge in [0, 0.05) is 29.3 Å². The van der Waals surface area contributed by atoms with Gasteiger partial charge in [-0.15, -0.1) is 0 Å². The number of nitrogens with zero attached hydrogens (tertiary/aromatic N) is 3. The Morgan fingerprint density at radius 2 is 1.85 bits per heavy atom. The summed E-state index contributed by atoms with van der Waals surface area (Å²) in [7, 11) is 0. The molecule has 0 saturated carbocycles.